The van der Waals surface area contributed by atoms with E-state index in [9.17, 15) is 0 Å². The van der Waals surface area contributed by atoms with E-state index in [1.54, 1.807) is 0 Å². The van der Waals surface area contributed by atoms with Gasteiger partial charge in [-0.15, -0.1) is 10.2 Å². The molecule has 7 heteroatoms. The highest BCUT2D eigenvalue weighted by Crippen LogP contribution is 2.27. The van der Waals surface area contributed by atoms with Gasteiger partial charge in [-0.1, -0.05) is 11.6 Å². The molecule has 1 aliphatic carbocycles. The number of hydrogen-bond acceptors (Lipinski definition) is 5. The summed E-state index contributed by atoms with van der Waals surface area (Å²) in [6, 6.07) is 1.14. The van der Waals surface area contributed by atoms with Gasteiger partial charge in [0.1, 0.15) is 0 Å². The normalized spacial score (nSPS) is 17.2. The Kier molecular flexibility index (Phi) is 4.01. The first-order valence-corrected chi connectivity index (χ1v) is 6.35. The Balaban J connectivity index is 1.90. The zero-order valence-corrected chi connectivity index (χ0v) is 11.3. The molecule has 0 spiro atoms. The molecule has 94 valence electrons. The lowest BCUT2D eigenvalue weighted by atomic mass is 10.3. The molecule has 0 radical (unpaired) electrons. The van der Waals surface area contributed by atoms with Crippen molar-refractivity contribution in [3.63, 3.8) is 0 Å². The fourth-order valence-corrected chi connectivity index (χ4v) is 1.90. The summed E-state index contributed by atoms with van der Waals surface area (Å²) in [5, 5.41) is 10.7. The van der Waals surface area contributed by atoms with Gasteiger partial charge in [0.2, 0.25) is 5.28 Å². The smallest absolute Gasteiger partial charge is 0.245 e. The number of hydrogen-bond donors (Lipinski definition) is 1. The van der Waals surface area contributed by atoms with Crippen LogP contribution in [0.15, 0.2) is 0 Å². The first-order chi connectivity index (χ1) is 8.08. The summed E-state index contributed by atoms with van der Waals surface area (Å²) in [5.74, 6) is 0.489. The standard InChI is InChI=1S/C10H15Cl2N5/c1-6(17(2)7-3-4-7)5-13-9-8(11)15-16-10(12)14-9/h6-7H,3-5H2,1-2H3,(H,13,14,16). The molecule has 1 fully saturated rings. The predicted molar refractivity (Wildman–Crippen MR) is 68.6 cm³/mol. The maximum atomic E-state index is 5.86. The summed E-state index contributed by atoms with van der Waals surface area (Å²) in [6.07, 6.45) is 2.59. The second-order valence-electron chi connectivity index (χ2n) is 4.35. The summed E-state index contributed by atoms with van der Waals surface area (Å²) in [4.78, 5) is 6.35. The predicted octanol–water partition coefficient (Wildman–Crippen LogP) is 2.07. The number of anilines is 1. The molecule has 1 aliphatic rings. The molecule has 1 aromatic heterocycles. The highest BCUT2D eigenvalue weighted by Gasteiger charge is 2.29. The van der Waals surface area contributed by atoms with Crippen LogP contribution in [0.3, 0.4) is 0 Å². The third-order valence-electron chi connectivity index (χ3n) is 3.00. The Morgan fingerprint density at radius 1 is 1.41 bits per heavy atom. The van der Waals surface area contributed by atoms with Gasteiger partial charge in [0.15, 0.2) is 11.0 Å². The number of halogens is 2. The van der Waals surface area contributed by atoms with Crippen LogP contribution >= 0.6 is 23.2 Å². The number of rotatable bonds is 5. The lowest BCUT2D eigenvalue weighted by Crippen LogP contribution is -2.36. The van der Waals surface area contributed by atoms with E-state index in [-0.39, 0.29) is 10.4 Å². The quantitative estimate of drug-likeness (QED) is 0.892. The topological polar surface area (TPSA) is 53.9 Å². The second kappa shape index (κ2) is 5.33. The highest BCUT2D eigenvalue weighted by atomic mass is 35.5. The van der Waals surface area contributed by atoms with E-state index in [1.165, 1.54) is 12.8 Å². The molecular formula is C10H15Cl2N5. The fraction of sp³-hybridized carbons (Fsp3) is 0.700. The maximum Gasteiger partial charge on any atom is 0.245 e. The third kappa shape index (κ3) is 3.40. The van der Waals surface area contributed by atoms with Gasteiger partial charge >= 0.3 is 0 Å². The Morgan fingerprint density at radius 3 is 2.76 bits per heavy atom. The van der Waals surface area contributed by atoms with Gasteiger partial charge in [-0.05, 0) is 38.4 Å². The van der Waals surface area contributed by atoms with Gasteiger partial charge in [0, 0.05) is 18.6 Å². The van der Waals surface area contributed by atoms with E-state index in [2.05, 4.69) is 39.4 Å². The monoisotopic (exact) mass is 275 g/mol. The number of nitrogens with one attached hydrogen (secondary N) is 1. The van der Waals surface area contributed by atoms with E-state index >= 15 is 0 Å². The molecule has 1 atom stereocenters. The van der Waals surface area contributed by atoms with Crippen molar-refractivity contribution in [2.24, 2.45) is 0 Å². The average Bonchev–Trinajstić information content (AvgIpc) is 3.13. The van der Waals surface area contributed by atoms with Crippen molar-refractivity contribution in [1.29, 1.82) is 0 Å². The second-order valence-corrected chi connectivity index (χ2v) is 5.04. The Labute approximate surface area is 111 Å². The first kappa shape index (κ1) is 12.8. The first-order valence-electron chi connectivity index (χ1n) is 5.59. The van der Waals surface area contributed by atoms with E-state index in [4.69, 9.17) is 23.2 Å². The number of aromatic nitrogens is 3. The molecule has 2 rings (SSSR count). The van der Waals surface area contributed by atoms with Crippen molar-refractivity contribution < 1.29 is 0 Å². The average molecular weight is 276 g/mol. The molecule has 1 N–H and O–H groups in total. The van der Waals surface area contributed by atoms with Crippen LogP contribution in [0, 0.1) is 0 Å². The molecular weight excluding hydrogens is 261 g/mol. The van der Waals surface area contributed by atoms with Gasteiger partial charge in [0.25, 0.3) is 0 Å². The Morgan fingerprint density at radius 2 is 2.12 bits per heavy atom. The van der Waals surface area contributed by atoms with Crippen LogP contribution in [0.1, 0.15) is 19.8 Å². The van der Waals surface area contributed by atoms with Crippen LogP contribution in [0.5, 0.6) is 0 Å². The summed E-state index contributed by atoms with van der Waals surface area (Å²) >= 11 is 11.5. The minimum atomic E-state index is 0.0973. The van der Waals surface area contributed by atoms with Gasteiger partial charge in [0.05, 0.1) is 0 Å². The van der Waals surface area contributed by atoms with Crippen molar-refractivity contribution in [2.45, 2.75) is 31.8 Å². The van der Waals surface area contributed by atoms with Crippen molar-refractivity contribution in [3.8, 4) is 0 Å². The van der Waals surface area contributed by atoms with Gasteiger partial charge in [-0.25, -0.2) is 0 Å². The number of likely N-dealkylation sites (N-methyl/N-ethyl adjacent to an activating group) is 1. The molecule has 0 aromatic carbocycles. The summed E-state index contributed by atoms with van der Waals surface area (Å²) in [7, 11) is 2.14. The molecule has 5 nitrogen and oxygen atoms in total. The summed E-state index contributed by atoms with van der Waals surface area (Å²) in [5.41, 5.74) is 0. The van der Waals surface area contributed by atoms with Crippen molar-refractivity contribution in [2.75, 3.05) is 18.9 Å². The fourth-order valence-electron chi connectivity index (χ4n) is 1.64. The van der Waals surface area contributed by atoms with Gasteiger partial charge < -0.3 is 5.32 Å². The van der Waals surface area contributed by atoms with Gasteiger partial charge in [-0.3, -0.25) is 4.90 Å². The third-order valence-corrected chi connectivity index (χ3v) is 3.42. The van der Waals surface area contributed by atoms with Crippen LogP contribution < -0.4 is 5.32 Å². The summed E-state index contributed by atoms with van der Waals surface area (Å²) in [6.45, 7) is 2.91. The molecule has 1 heterocycles. The van der Waals surface area contributed by atoms with Crippen molar-refractivity contribution >= 4 is 29.0 Å². The van der Waals surface area contributed by atoms with Crippen LogP contribution in [0.25, 0.3) is 0 Å². The van der Waals surface area contributed by atoms with E-state index < -0.39 is 0 Å². The lowest BCUT2D eigenvalue weighted by Gasteiger charge is -2.24. The van der Waals surface area contributed by atoms with Crippen molar-refractivity contribution in [3.05, 3.63) is 10.4 Å². The van der Waals surface area contributed by atoms with E-state index in [1.807, 2.05) is 0 Å². The Bertz CT molecular complexity index is 396. The molecule has 1 aromatic rings. The van der Waals surface area contributed by atoms with Crippen LogP contribution in [-0.4, -0.2) is 45.8 Å². The minimum absolute atomic E-state index is 0.0973. The zero-order valence-electron chi connectivity index (χ0n) is 9.82. The zero-order chi connectivity index (χ0) is 12.4. The largest absolute Gasteiger partial charge is 0.366 e. The SMILES string of the molecule is CC(CNc1nc(Cl)nnc1Cl)N(C)C1CC1. The highest BCUT2D eigenvalue weighted by molar-refractivity contribution is 6.32. The van der Waals surface area contributed by atoms with Crippen LogP contribution in [-0.2, 0) is 0 Å². The van der Waals surface area contributed by atoms with Crippen LogP contribution in [0.4, 0.5) is 5.82 Å². The molecule has 0 bridgehead atoms. The van der Waals surface area contributed by atoms with Gasteiger partial charge in [-0.2, -0.15) is 4.98 Å². The van der Waals surface area contributed by atoms with Crippen LogP contribution in [0.2, 0.25) is 10.4 Å². The van der Waals surface area contributed by atoms with Crippen molar-refractivity contribution in [1.82, 2.24) is 20.1 Å². The molecule has 0 amide bonds. The summed E-state index contributed by atoms with van der Waals surface area (Å²) < 4.78 is 0. The lowest BCUT2D eigenvalue weighted by molar-refractivity contribution is 0.257. The molecule has 17 heavy (non-hydrogen) atoms. The molecule has 1 saturated carbocycles. The molecule has 0 saturated heterocycles. The van der Waals surface area contributed by atoms with E-state index in [0.717, 1.165) is 12.6 Å². The molecule has 1 unspecified atom stereocenters. The Hall–Kier alpha value is -0.650. The minimum Gasteiger partial charge on any atom is -0.366 e. The van der Waals surface area contributed by atoms with E-state index in [0.29, 0.717) is 11.9 Å². The maximum absolute atomic E-state index is 5.86. The number of nitrogens with zero attached hydrogens (tertiary/aromatic N) is 4. The molecule has 0 aliphatic heterocycles.